The number of hydrogen-bond acceptors (Lipinski definition) is 3. The fraction of sp³-hybridized carbons (Fsp3) is 0.294. The molecule has 0 heterocycles. The quantitative estimate of drug-likeness (QED) is 0.751. The summed E-state index contributed by atoms with van der Waals surface area (Å²) in [6, 6.07) is 17.1. The number of hydrogen-bond donors (Lipinski definition) is 2. The molecule has 3 N–H and O–H groups in total. The molecular weight excluding hydrogens is 332 g/mol. The average molecular weight is 355 g/mol. The van der Waals surface area contributed by atoms with Crippen molar-refractivity contribution >= 4 is 22.4 Å². The van der Waals surface area contributed by atoms with Gasteiger partial charge in [0, 0.05) is 6.54 Å². The van der Waals surface area contributed by atoms with Crippen molar-refractivity contribution in [3.63, 3.8) is 0 Å². The molecule has 0 saturated carbocycles. The summed E-state index contributed by atoms with van der Waals surface area (Å²) in [6.45, 7) is 3.97. The van der Waals surface area contributed by atoms with Crippen LogP contribution in [0.15, 0.2) is 59.5 Å². The molecule has 0 aliphatic heterocycles. The van der Waals surface area contributed by atoms with Gasteiger partial charge in [0.2, 0.25) is 10.0 Å². The van der Waals surface area contributed by atoms with Crippen LogP contribution in [0.2, 0.25) is 0 Å². The number of rotatable bonds is 7. The minimum absolute atomic E-state index is 0. The van der Waals surface area contributed by atoms with Crippen LogP contribution in [0.4, 0.5) is 0 Å². The standard InChI is InChI=1S/C17H22N2O2S.ClH/c1-14(16-5-3-2-4-6-16)13-19-12-11-15-7-9-17(10-8-15)22(18,20)21;/h2-10,14,19H,11-13H2,1H3,(H2,18,20,21);1H. The topological polar surface area (TPSA) is 72.2 Å². The Balaban J connectivity index is 0.00000264. The van der Waals surface area contributed by atoms with Crippen molar-refractivity contribution in [3.05, 3.63) is 65.7 Å². The lowest BCUT2D eigenvalue weighted by atomic mass is 10.0. The Hall–Kier alpha value is -1.40. The largest absolute Gasteiger partial charge is 0.316 e. The first-order valence-corrected chi connectivity index (χ1v) is 8.89. The molecule has 0 fully saturated rings. The SMILES string of the molecule is CC(CNCCc1ccc(S(N)(=O)=O)cc1)c1ccccc1.Cl. The molecule has 2 aromatic rings. The van der Waals surface area contributed by atoms with Gasteiger partial charge in [-0.25, -0.2) is 13.6 Å². The van der Waals surface area contributed by atoms with Crippen LogP contribution in [0, 0.1) is 0 Å². The molecule has 0 aliphatic carbocycles. The third-order valence-corrected chi connectivity index (χ3v) is 4.59. The van der Waals surface area contributed by atoms with E-state index in [2.05, 4.69) is 36.5 Å². The van der Waals surface area contributed by atoms with Gasteiger partial charge < -0.3 is 5.32 Å². The molecule has 0 spiro atoms. The Morgan fingerprint density at radius 1 is 1.04 bits per heavy atom. The van der Waals surface area contributed by atoms with E-state index in [1.54, 1.807) is 12.1 Å². The van der Waals surface area contributed by atoms with E-state index in [1.807, 2.05) is 18.2 Å². The van der Waals surface area contributed by atoms with Crippen LogP contribution in [0.1, 0.15) is 24.0 Å². The molecule has 0 amide bonds. The van der Waals surface area contributed by atoms with Gasteiger partial charge >= 0.3 is 0 Å². The molecule has 1 unspecified atom stereocenters. The van der Waals surface area contributed by atoms with Crippen LogP contribution in [0.3, 0.4) is 0 Å². The minimum Gasteiger partial charge on any atom is -0.316 e. The van der Waals surface area contributed by atoms with Gasteiger partial charge in [0.1, 0.15) is 0 Å². The zero-order chi connectivity index (χ0) is 16.0. The highest BCUT2D eigenvalue weighted by Crippen LogP contribution is 2.13. The Labute approximate surface area is 144 Å². The molecular formula is C17H23ClN2O2S. The number of primary sulfonamides is 1. The summed E-state index contributed by atoms with van der Waals surface area (Å²) in [5, 5.41) is 8.51. The van der Waals surface area contributed by atoms with Gasteiger partial charge in [-0.1, -0.05) is 49.4 Å². The smallest absolute Gasteiger partial charge is 0.238 e. The van der Waals surface area contributed by atoms with Crippen molar-refractivity contribution in [1.29, 1.82) is 0 Å². The van der Waals surface area contributed by atoms with Gasteiger partial charge in [0.15, 0.2) is 0 Å². The summed E-state index contributed by atoms with van der Waals surface area (Å²) in [4.78, 5) is 0.155. The second-order valence-electron chi connectivity index (χ2n) is 5.45. The van der Waals surface area contributed by atoms with Gasteiger partial charge in [-0.15, -0.1) is 12.4 Å². The van der Waals surface area contributed by atoms with Crippen LogP contribution >= 0.6 is 12.4 Å². The maximum atomic E-state index is 11.2. The summed E-state index contributed by atoms with van der Waals surface area (Å²) in [7, 11) is -3.60. The van der Waals surface area contributed by atoms with E-state index in [0.29, 0.717) is 5.92 Å². The Kier molecular flexibility index (Phi) is 7.72. The number of nitrogens with one attached hydrogen (secondary N) is 1. The zero-order valence-electron chi connectivity index (χ0n) is 13.1. The van der Waals surface area contributed by atoms with Crippen LogP contribution in [0.5, 0.6) is 0 Å². The summed E-state index contributed by atoms with van der Waals surface area (Å²) < 4.78 is 22.4. The second-order valence-corrected chi connectivity index (χ2v) is 7.02. The van der Waals surface area contributed by atoms with E-state index in [4.69, 9.17) is 5.14 Å². The van der Waals surface area contributed by atoms with Crippen molar-refractivity contribution in [1.82, 2.24) is 5.32 Å². The van der Waals surface area contributed by atoms with Crippen molar-refractivity contribution < 1.29 is 8.42 Å². The molecule has 6 heteroatoms. The summed E-state index contributed by atoms with van der Waals surface area (Å²) in [5.41, 5.74) is 2.42. The van der Waals surface area contributed by atoms with E-state index in [0.717, 1.165) is 25.1 Å². The maximum absolute atomic E-state index is 11.2. The summed E-state index contributed by atoms with van der Waals surface area (Å²) in [6.07, 6.45) is 0.854. The van der Waals surface area contributed by atoms with E-state index in [9.17, 15) is 8.42 Å². The molecule has 0 bridgehead atoms. The number of benzene rings is 2. The predicted octanol–water partition coefficient (Wildman–Crippen LogP) is 2.69. The molecule has 4 nitrogen and oxygen atoms in total. The van der Waals surface area contributed by atoms with Gasteiger partial charge in [0.25, 0.3) is 0 Å². The molecule has 126 valence electrons. The Morgan fingerprint density at radius 2 is 1.65 bits per heavy atom. The molecule has 2 rings (SSSR count). The maximum Gasteiger partial charge on any atom is 0.238 e. The van der Waals surface area contributed by atoms with Crippen LogP contribution < -0.4 is 10.5 Å². The van der Waals surface area contributed by atoms with E-state index < -0.39 is 10.0 Å². The number of sulfonamides is 1. The third kappa shape index (κ3) is 6.31. The average Bonchev–Trinajstić information content (AvgIpc) is 2.52. The number of halogens is 1. The normalized spacial score (nSPS) is 12.4. The lowest BCUT2D eigenvalue weighted by molar-refractivity contribution is 0.597. The molecule has 0 saturated heterocycles. The van der Waals surface area contributed by atoms with Crippen molar-refractivity contribution in [2.75, 3.05) is 13.1 Å². The third-order valence-electron chi connectivity index (χ3n) is 3.66. The fourth-order valence-electron chi connectivity index (χ4n) is 2.30. The van der Waals surface area contributed by atoms with Crippen LogP contribution in [0.25, 0.3) is 0 Å². The van der Waals surface area contributed by atoms with Crippen molar-refractivity contribution in [2.45, 2.75) is 24.2 Å². The fourth-order valence-corrected chi connectivity index (χ4v) is 2.81. The van der Waals surface area contributed by atoms with Gasteiger partial charge in [-0.2, -0.15) is 0 Å². The summed E-state index contributed by atoms with van der Waals surface area (Å²) >= 11 is 0. The highest BCUT2D eigenvalue weighted by Gasteiger charge is 2.07. The minimum atomic E-state index is -3.60. The highest BCUT2D eigenvalue weighted by atomic mass is 35.5. The van der Waals surface area contributed by atoms with Crippen LogP contribution in [-0.4, -0.2) is 21.5 Å². The second kappa shape index (κ2) is 9.03. The Morgan fingerprint density at radius 3 is 2.22 bits per heavy atom. The molecule has 0 aromatic heterocycles. The molecule has 2 aromatic carbocycles. The van der Waals surface area contributed by atoms with Gasteiger partial charge in [-0.05, 0) is 42.1 Å². The number of nitrogens with two attached hydrogens (primary N) is 1. The van der Waals surface area contributed by atoms with Gasteiger partial charge in [0.05, 0.1) is 4.90 Å². The first-order valence-electron chi connectivity index (χ1n) is 7.34. The van der Waals surface area contributed by atoms with E-state index >= 15 is 0 Å². The first-order chi connectivity index (χ1) is 10.5. The molecule has 0 radical (unpaired) electrons. The summed E-state index contributed by atoms with van der Waals surface area (Å²) in [5.74, 6) is 0.464. The van der Waals surface area contributed by atoms with Crippen molar-refractivity contribution in [3.8, 4) is 0 Å². The zero-order valence-corrected chi connectivity index (χ0v) is 14.7. The predicted molar refractivity (Wildman–Crippen MR) is 96.5 cm³/mol. The van der Waals surface area contributed by atoms with E-state index in [1.165, 1.54) is 5.56 Å². The monoisotopic (exact) mass is 354 g/mol. The molecule has 1 atom stereocenters. The molecule has 23 heavy (non-hydrogen) atoms. The van der Waals surface area contributed by atoms with Gasteiger partial charge in [-0.3, -0.25) is 0 Å². The molecule has 0 aliphatic rings. The lowest BCUT2D eigenvalue weighted by Gasteiger charge is -2.13. The van der Waals surface area contributed by atoms with Crippen molar-refractivity contribution in [2.24, 2.45) is 5.14 Å². The van der Waals surface area contributed by atoms with E-state index in [-0.39, 0.29) is 17.3 Å². The van der Waals surface area contributed by atoms with Crippen LogP contribution in [-0.2, 0) is 16.4 Å². The first kappa shape index (κ1) is 19.6. The lowest BCUT2D eigenvalue weighted by Crippen LogP contribution is -2.22. The Bertz CT molecular complexity index is 688. The highest BCUT2D eigenvalue weighted by molar-refractivity contribution is 7.89.